The Morgan fingerprint density at radius 1 is 1.32 bits per heavy atom. The Balaban J connectivity index is 1.98. The van der Waals surface area contributed by atoms with Crippen LogP contribution in [0.25, 0.3) is 0 Å². The maximum absolute atomic E-state index is 12.4. The number of carbonyl (C=O) groups is 1. The number of hydrogen-bond donors (Lipinski definition) is 2. The van der Waals surface area contributed by atoms with Crippen LogP contribution in [0.1, 0.15) is 49.1 Å². The number of amides is 1. The van der Waals surface area contributed by atoms with E-state index in [0.717, 1.165) is 22.7 Å². The molecular weight excluding hydrogens is 294 g/mol. The first kappa shape index (κ1) is 16.6. The summed E-state index contributed by atoms with van der Waals surface area (Å²) in [6.45, 7) is 5.89. The number of thiazole rings is 1. The molecule has 5 heteroatoms. The van der Waals surface area contributed by atoms with Gasteiger partial charge in [0.2, 0.25) is 5.91 Å². The number of hydrogen-bond acceptors (Lipinski definition) is 4. The second-order valence-electron chi connectivity index (χ2n) is 5.48. The predicted molar refractivity (Wildman–Crippen MR) is 90.6 cm³/mol. The van der Waals surface area contributed by atoms with Crippen molar-refractivity contribution in [1.29, 1.82) is 0 Å². The second-order valence-corrected chi connectivity index (χ2v) is 6.42. The molecule has 3 unspecified atom stereocenters. The van der Waals surface area contributed by atoms with Gasteiger partial charge in [0.15, 0.2) is 0 Å². The minimum Gasteiger partial charge on any atom is -0.348 e. The first-order valence-corrected chi connectivity index (χ1v) is 8.46. The standard InChI is InChI=1S/C17H23N3OS/c1-4-15-20-14(10-22-15)12(3)19-17(21)11(2)16(18)13-8-6-5-7-9-13/h5-12,16H,4,18H2,1-3H3,(H,19,21). The molecule has 0 fully saturated rings. The average molecular weight is 317 g/mol. The first-order valence-electron chi connectivity index (χ1n) is 7.58. The topological polar surface area (TPSA) is 68.0 Å². The summed E-state index contributed by atoms with van der Waals surface area (Å²) in [7, 11) is 0. The molecule has 0 aliphatic rings. The molecular formula is C17H23N3OS. The lowest BCUT2D eigenvalue weighted by molar-refractivity contribution is -0.125. The van der Waals surface area contributed by atoms with E-state index in [2.05, 4.69) is 17.2 Å². The van der Waals surface area contributed by atoms with Crippen LogP contribution in [0.15, 0.2) is 35.7 Å². The molecule has 4 nitrogen and oxygen atoms in total. The minimum atomic E-state index is -0.310. The zero-order valence-corrected chi connectivity index (χ0v) is 14.1. The number of aryl methyl sites for hydroxylation is 1. The van der Waals surface area contributed by atoms with Crippen molar-refractivity contribution in [3.8, 4) is 0 Å². The highest BCUT2D eigenvalue weighted by Gasteiger charge is 2.24. The van der Waals surface area contributed by atoms with Gasteiger partial charge in [0, 0.05) is 11.4 Å². The number of aromatic nitrogens is 1. The summed E-state index contributed by atoms with van der Waals surface area (Å²) in [6, 6.07) is 9.30. The Hall–Kier alpha value is -1.72. The molecule has 1 aromatic heterocycles. The normalized spacial score (nSPS) is 15.1. The number of rotatable bonds is 6. The largest absolute Gasteiger partial charge is 0.348 e. The molecule has 0 saturated heterocycles. The third-order valence-electron chi connectivity index (χ3n) is 3.81. The molecule has 2 rings (SSSR count). The van der Waals surface area contributed by atoms with Crippen LogP contribution in [-0.4, -0.2) is 10.9 Å². The highest BCUT2D eigenvalue weighted by atomic mass is 32.1. The molecule has 1 amide bonds. The van der Waals surface area contributed by atoms with E-state index in [-0.39, 0.29) is 23.9 Å². The van der Waals surface area contributed by atoms with Gasteiger partial charge in [0.25, 0.3) is 0 Å². The predicted octanol–water partition coefficient (Wildman–Crippen LogP) is 3.22. The van der Waals surface area contributed by atoms with E-state index in [4.69, 9.17) is 5.73 Å². The van der Waals surface area contributed by atoms with Crippen LogP contribution in [0.4, 0.5) is 0 Å². The van der Waals surface area contributed by atoms with Gasteiger partial charge in [-0.3, -0.25) is 4.79 Å². The molecule has 0 spiro atoms. The fourth-order valence-corrected chi connectivity index (χ4v) is 3.07. The minimum absolute atomic E-state index is 0.0464. The van der Waals surface area contributed by atoms with E-state index in [0.29, 0.717) is 0 Å². The molecule has 3 atom stereocenters. The van der Waals surface area contributed by atoms with E-state index in [1.807, 2.05) is 49.6 Å². The molecule has 3 N–H and O–H groups in total. The maximum Gasteiger partial charge on any atom is 0.225 e. The molecule has 1 aromatic carbocycles. The summed E-state index contributed by atoms with van der Waals surface area (Å²) in [4.78, 5) is 16.9. The zero-order valence-electron chi connectivity index (χ0n) is 13.2. The summed E-state index contributed by atoms with van der Waals surface area (Å²) in [5.41, 5.74) is 8.09. The fraction of sp³-hybridized carbons (Fsp3) is 0.412. The van der Waals surface area contributed by atoms with Gasteiger partial charge in [-0.25, -0.2) is 4.98 Å². The second kappa shape index (κ2) is 7.51. The molecule has 2 aromatic rings. The van der Waals surface area contributed by atoms with E-state index in [9.17, 15) is 4.79 Å². The molecule has 118 valence electrons. The molecule has 0 aliphatic carbocycles. The highest BCUT2D eigenvalue weighted by molar-refractivity contribution is 7.09. The Bertz CT molecular complexity index is 611. The number of nitrogens with one attached hydrogen (secondary N) is 1. The van der Waals surface area contributed by atoms with Gasteiger partial charge in [-0.1, -0.05) is 44.2 Å². The van der Waals surface area contributed by atoms with Crippen molar-refractivity contribution in [3.05, 3.63) is 52.0 Å². The average Bonchev–Trinajstić information content (AvgIpc) is 3.03. The Labute approximate surface area is 135 Å². The fourth-order valence-electron chi connectivity index (χ4n) is 2.23. The lowest BCUT2D eigenvalue weighted by Crippen LogP contribution is -2.37. The number of nitrogens with zero attached hydrogens (tertiary/aromatic N) is 1. The maximum atomic E-state index is 12.4. The van der Waals surface area contributed by atoms with Gasteiger partial charge in [0.1, 0.15) is 0 Å². The molecule has 0 aliphatic heterocycles. The summed E-state index contributed by atoms with van der Waals surface area (Å²) >= 11 is 1.63. The van der Waals surface area contributed by atoms with Crippen LogP contribution < -0.4 is 11.1 Å². The van der Waals surface area contributed by atoms with Crippen LogP contribution in [-0.2, 0) is 11.2 Å². The van der Waals surface area contributed by atoms with Crippen molar-refractivity contribution >= 4 is 17.2 Å². The SMILES string of the molecule is CCc1nc(C(C)NC(=O)C(C)C(N)c2ccccc2)cs1. The van der Waals surface area contributed by atoms with Gasteiger partial charge >= 0.3 is 0 Å². The lowest BCUT2D eigenvalue weighted by atomic mass is 9.94. The van der Waals surface area contributed by atoms with Crippen LogP contribution >= 0.6 is 11.3 Å². The summed E-state index contributed by atoms with van der Waals surface area (Å²) in [5, 5.41) is 6.10. The number of nitrogens with two attached hydrogens (primary N) is 1. The van der Waals surface area contributed by atoms with Gasteiger partial charge < -0.3 is 11.1 Å². The van der Waals surface area contributed by atoms with E-state index < -0.39 is 0 Å². The summed E-state index contributed by atoms with van der Waals surface area (Å²) in [5.74, 6) is -0.343. The van der Waals surface area contributed by atoms with Crippen molar-refractivity contribution in [2.75, 3.05) is 0 Å². The van der Waals surface area contributed by atoms with Crippen molar-refractivity contribution in [1.82, 2.24) is 10.3 Å². The molecule has 22 heavy (non-hydrogen) atoms. The van der Waals surface area contributed by atoms with Gasteiger partial charge in [-0.2, -0.15) is 0 Å². The quantitative estimate of drug-likeness (QED) is 0.859. The third-order valence-corrected chi connectivity index (χ3v) is 4.82. The van der Waals surface area contributed by atoms with E-state index >= 15 is 0 Å². The van der Waals surface area contributed by atoms with Crippen molar-refractivity contribution in [3.63, 3.8) is 0 Å². The van der Waals surface area contributed by atoms with Crippen LogP contribution in [0.5, 0.6) is 0 Å². The molecule has 0 radical (unpaired) electrons. The Kier molecular flexibility index (Phi) is 5.69. The van der Waals surface area contributed by atoms with Gasteiger partial charge in [-0.15, -0.1) is 11.3 Å². The van der Waals surface area contributed by atoms with Crippen LogP contribution in [0.3, 0.4) is 0 Å². The van der Waals surface area contributed by atoms with E-state index in [1.165, 1.54) is 0 Å². The van der Waals surface area contributed by atoms with Crippen molar-refractivity contribution in [2.45, 2.75) is 39.3 Å². The number of benzene rings is 1. The summed E-state index contributed by atoms with van der Waals surface area (Å²) in [6.07, 6.45) is 0.917. The van der Waals surface area contributed by atoms with Crippen molar-refractivity contribution in [2.24, 2.45) is 11.7 Å². The van der Waals surface area contributed by atoms with Gasteiger partial charge in [0.05, 0.1) is 22.7 Å². The van der Waals surface area contributed by atoms with Gasteiger partial charge in [-0.05, 0) is 18.9 Å². The van der Waals surface area contributed by atoms with E-state index in [1.54, 1.807) is 11.3 Å². The zero-order chi connectivity index (χ0) is 16.1. The highest BCUT2D eigenvalue weighted by Crippen LogP contribution is 2.21. The lowest BCUT2D eigenvalue weighted by Gasteiger charge is -2.21. The summed E-state index contributed by atoms with van der Waals surface area (Å²) < 4.78 is 0. The van der Waals surface area contributed by atoms with Crippen LogP contribution in [0.2, 0.25) is 0 Å². The molecule has 1 heterocycles. The van der Waals surface area contributed by atoms with Crippen molar-refractivity contribution < 1.29 is 4.79 Å². The smallest absolute Gasteiger partial charge is 0.225 e. The Morgan fingerprint density at radius 2 is 2.00 bits per heavy atom. The molecule has 0 saturated carbocycles. The monoisotopic (exact) mass is 317 g/mol. The Morgan fingerprint density at radius 3 is 2.59 bits per heavy atom. The van der Waals surface area contributed by atoms with Crippen LogP contribution in [0, 0.1) is 5.92 Å². The first-order chi connectivity index (χ1) is 10.5. The number of carbonyl (C=O) groups excluding carboxylic acids is 1. The molecule has 0 bridgehead atoms. The third kappa shape index (κ3) is 3.93.